The molecule has 0 fully saturated rings. The minimum atomic E-state index is -0.303. The Bertz CT molecular complexity index is 556. The second-order valence-electron chi connectivity index (χ2n) is 4.22. The molecule has 0 aliphatic heterocycles. The van der Waals surface area contributed by atoms with Crippen molar-refractivity contribution in [3.8, 4) is 0 Å². The zero-order chi connectivity index (χ0) is 13.5. The van der Waals surface area contributed by atoms with Crippen LogP contribution in [0.4, 0.5) is 0 Å². The van der Waals surface area contributed by atoms with Crippen LogP contribution in [0.3, 0.4) is 0 Å². The summed E-state index contributed by atoms with van der Waals surface area (Å²) in [6, 6.07) is 19.7. The minimum Gasteiger partial charge on any atom is -0.426 e. The molecule has 0 aromatic heterocycles. The van der Waals surface area contributed by atoms with E-state index in [2.05, 4.69) is 0 Å². The third kappa shape index (κ3) is 4.11. The molecule has 2 aromatic rings. The average molecular weight is 252 g/mol. The van der Waals surface area contributed by atoms with Crippen LogP contribution in [-0.2, 0) is 16.0 Å². The summed E-state index contributed by atoms with van der Waals surface area (Å²) in [4.78, 5) is 11.2. The van der Waals surface area contributed by atoms with Crippen LogP contribution >= 0.6 is 0 Å². The van der Waals surface area contributed by atoms with E-state index in [0.29, 0.717) is 5.76 Å². The van der Waals surface area contributed by atoms with E-state index in [1.165, 1.54) is 12.5 Å². The van der Waals surface area contributed by atoms with Crippen LogP contribution in [0.2, 0.25) is 0 Å². The van der Waals surface area contributed by atoms with Crippen LogP contribution in [0.5, 0.6) is 0 Å². The summed E-state index contributed by atoms with van der Waals surface area (Å²) in [6.07, 6.45) is 2.67. The first-order valence-corrected chi connectivity index (χ1v) is 6.23. The highest BCUT2D eigenvalue weighted by atomic mass is 16.5. The average Bonchev–Trinajstić information content (AvgIpc) is 2.45. The quantitative estimate of drug-likeness (QED) is 0.610. The van der Waals surface area contributed by atoms with E-state index in [9.17, 15) is 4.79 Å². The van der Waals surface area contributed by atoms with Gasteiger partial charge in [0.25, 0.3) is 0 Å². The number of esters is 1. The van der Waals surface area contributed by atoms with E-state index in [-0.39, 0.29) is 5.97 Å². The Morgan fingerprint density at radius 3 is 2.16 bits per heavy atom. The Labute approximate surface area is 113 Å². The fraction of sp³-hybridized carbons (Fsp3) is 0.118. The predicted octanol–water partition coefficient (Wildman–Crippen LogP) is 3.83. The van der Waals surface area contributed by atoms with Gasteiger partial charge >= 0.3 is 5.97 Å². The van der Waals surface area contributed by atoms with Crippen molar-refractivity contribution in [2.24, 2.45) is 0 Å². The van der Waals surface area contributed by atoms with Crippen molar-refractivity contribution in [1.29, 1.82) is 0 Å². The van der Waals surface area contributed by atoms with Crippen LogP contribution < -0.4 is 0 Å². The normalized spacial score (nSPS) is 11.1. The van der Waals surface area contributed by atoms with E-state index in [1.807, 2.05) is 66.7 Å². The SMILES string of the molecule is CC(=O)OC(=CCc1ccccc1)c1ccccc1. The fourth-order valence-electron chi connectivity index (χ4n) is 1.80. The maximum atomic E-state index is 11.2. The highest BCUT2D eigenvalue weighted by Gasteiger charge is 2.05. The third-order valence-corrected chi connectivity index (χ3v) is 2.68. The van der Waals surface area contributed by atoms with Gasteiger partial charge < -0.3 is 4.74 Å². The number of benzene rings is 2. The topological polar surface area (TPSA) is 26.3 Å². The maximum Gasteiger partial charge on any atom is 0.308 e. The smallest absolute Gasteiger partial charge is 0.308 e. The number of ether oxygens (including phenoxy) is 1. The molecule has 0 atom stereocenters. The van der Waals surface area contributed by atoms with Crippen molar-refractivity contribution in [1.82, 2.24) is 0 Å². The fourth-order valence-corrected chi connectivity index (χ4v) is 1.80. The molecular weight excluding hydrogens is 236 g/mol. The van der Waals surface area contributed by atoms with E-state index >= 15 is 0 Å². The highest BCUT2D eigenvalue weighted by molar-refractivity contribution is 5.76. The Kier molecular flexibility index (Phi) is 4.51. The van der Waals surface area contributed by atoms with Gasteiger partial charge in [-0.25, -0.2) is 0 Å². The number of allylic oxidation sites excluding steroid dienone is 1. The zero-order valence-electron chi connectivity index (χ0n) is 10.9. The van der Waals surface area contributed by atoms with E-state index in [1.54, 1.807) is 0 Å². The number of carbonyl (C=O) groups excluding carboxylic acids is 1. The molecule has 2 nitrogen and oxygen atoms in total. The lowest BCUT2D eigenvalue weighted by atomic mass is 10.1. The van der Waals surface area contributed by atoms with E-state index in [0.717, 1.165) is 12.0 Å². The van der Waals surface area contributed by atoms with Gasteiger partial charge in [-0.2, -0.15) is 0 Å². The van der Waals surface area contributed by atoms with Crippen molar-refractivity contribution in [3.63, 3.8) is 0 Å². The van der Waals surface area contributed by atoms with Gasteiger partial charge in [0.15, 0.2) is 0 Å². The van der Waals surface area contributed by atoms with Gasteiger partial charge in [0.05, 0.1) is 0 Å². The molecule has 0 unspecified atom stereocenters. The molecule has 0 saturated carbocycles. The molecular formula is C17H16O2. The molecule has 2 aromatic carbocycles. The molecule has 2 rings (SSSR count). The second-order valence-corrected chi connectivity index (χ2v) is 4.22. The monoisotopic (exact) mass is 252 g/mol. The second kappa shape index (κ2) is 6.55. The first kappa shape index (κ1) is 13.1. The van der Waals surface area contributed by atoms with Gasteiger partial charge in [-0.15, -0.1) is 0 Å². The van der Waals surface area contributed by atoms with Crippen molar-refractivity contribution in [2.45, 2.75) is 13.3 Å². The van der Waals surface area contributed by atoms with E-state index in [4.69, 9.17) is 4.74 Å². The molecule has 0 saturated heterocycles. The van der Waals surface area contributed by atoms with Crippen molar-refractivity contribution >= 4 is 11.7 Å². The highest BCUT2D eigenvalue weighted by Crippen LogP contribution is 2.17. The molecule has 0 amide bonds. The Balaban J connectivity index is 2.20. The van der Waals surface area contributed by atoms with Gasteiger partial charge in [0.1, 0.15) is 5.76 Å². The maximum absolute atomic E-state index is 11.2. The van der Waals surface area contributed by atoms with Crippen molar-refractivity contribution in [3.05, 3.63) is 77.9 Å². The summed E-state index contributed by atoms with van der Waals surface area (Å²) in [5.41, 5.74) is 2.09. The molecule has 2 heteroatoms. The first-order valence-electron chi connectivity index (χ1n) is 6.23. The number of hydrogen-bond acceptors (Lipinski definition) is 2. The first-order chi connectivity index (χ1) is 9.25. The molecule has 19 heavy (non-hydrogen) atoms. The molecule has 0 N–H and O–H groups in total. The summed E-state index contributed by atoms with van der Waals surface area (Å²) in [5, 5.41) is 0. The molecule has 0 spiro atoms. The third-order valence-electron chi connectivity index (χ3n) is 2.68. The largest absolute Gasteiger partial charge is 0.426 e. The summed E-state index contributed by atoms with van der Waals surface area (Å²) >= 11 is 0. The van der Waals surface area contributed by atoms with Crippen LogP contribution in [0.1, 0.15) is 18.1 Å². The Morgan fingerprint density at radius 2 is 1.58 bits per heavy atom. The van der Waals surface area contributed by atoms with Gasteiger partial charge in [0.2, 0.25) is 0 Å². The molecule has 0 radical (unpaired) electrons. The lowest BCUT2D eigenvalue weighted by molar-refractivity contribution is -0.134. The molecule has 0 aliphatic carbocycles. The number of hydrogen-bond donors (Lipinski definition) is 0. The Hall–Kier alpha value is -2.35. The van der Waals surface area contributed by atoms with E-state index < -0.39 is 0 Å². The van der Waals surface area contributed by atoms with Gasteiger partial charge in [0, 0.05) is 12.5 Å². The van der Waals surface area contributed by atoms with Crippen LogP contribution in [-0.4, -0.2) is 5.97 Å². The zero-order valence-corrected chi connectivity index (χ0v) is 10.9. The van der Waals surface area contributed by atoms with Crippen LogP contribution in [0.15, 0.2) is 66.7 Å². The lowest BCUT2D eigenvalue weighted by Crippen LogP contribution is -1.99. The molecule has 0 heterocycles. The lowest BCUT2D eigenvalue weighted by Gasteiger charge is -2.07. The summed E-state index contributed by atoms with van der Waals surface area (Å²) in [5.74, 6) is 0.306. The molecule has 0 aliphatic rings. The minimum absolute atomic E-state index is 0.303. The standard InChI is InChI=1S/C17H16O2/c1-14(18)19-17(16-10-6-3-7-11-16)13-12-15-8-4-2-5-9-15/h2-11,13H,12H2,1H3. The Morgan fingerprint density at radius 1 is 1.00 bits per heavy atom. The van der Waals surface area contributed by atoms with Gasteiger partial charge in [-0.1, -0.05) is 60.7 Å². The summed E-state index contributed by atoms with van der Waals surface area (Å²) in [6.45, 7) is 1.42. The van der Waals surface area contributed by atoms with Crippen LogP contribution in [0.25, 0.3) is 5.76 Å². The van der Waals surface area contributed by atoms with Gasteiger partial charge in [-0.05, 0) is 18.1 Å². The van der Waals surface area contributed by atoms with Gasteiger partial charge in [-0.3, -0.25) is 4.79 Å². The predicted molar refractivity (Wildman–Crippen MR) is 76.3 cm³/mol. The van der Waals surface area contributed by atoms with Crippen molar-refractivity contribution < 1.29 is 9.53 Å². The number of carbonyl (C=O) groups is 1. The summed E-state index contributed by atoms with van der Waals surface area (Å²) < 4.78 is 5.28. The number of rotatable bonds is 4. The summed E-state index contributed by atoms with van der Waals surface area (Å²) in [7, 11) is 0. The van der Waals surface area contributed by atoms with Crippen molar-refractivity contribution in [2.75, 3.05) is 0 Å². The molecule has 0 bridgehead atoms. The molecule has 96 valence electrons. The van der Waals surface area contributed by atoms with Crippen LogP contribution in [0, 0.1) is 0 Å².